The van der Waals surface area contributed by atoms with Gasteiger partial charge in [0.25, 0.3) is 0 Å². The van der Waals surface area contributed by atoms with Crippen LogP contribution in [0.25, 0.3) is 0 Å². The van der Waals surface area contributed by atoms with Crippen molar-refractivity contribution < 1.29 is 9.59 Å². The second-order valence-corrected chi connectivity index (χ2v) is 7.07. The maximum atomic E-state index is 12.5. The second kappa shape index (κ2) is 6.77. The molecule has 2 N–H and O–H groups in total. The fourth-order valence-corrected chi connectivity index (χ4v) is 3.05. The third kappa shape index (κ3) is 3.51. The molecule has 1 saturated carbocycles. The normalized spacial score (nSPS) is 14.8. The highest BCUT2D eigenvalue weighted by Crippen LogP contribution is 2.47. The fourth-order valence-electron chi connectivity index (χ4n) is 2.65. The quantitative estimate of drug-likeness (QED) is 0.767. The van der Waals surface area contributed by atoms with E-state index in [1.807, 2.05) is 55.5 Å². The Morgan fingerprint density at radius 1 is 1.08 bits per heavy atom. The molecule has 1 fully saturated rings. The lowest BCUT2D eigenvalue weighted by Crippen LogP contribution is -2.39. The number of halogens is 1. The summed E-state index contributed by atoms with van der Waals surface area (Å²) in [6.07, 6.45) is 1.18. The van der Waals surface area contributed by atoms with Gasteiger partial charge in [0.1, 0.15) is 5.41 Å². The van der Waals surface area contributed by atoms with Crippen LogP contribution in [-0.2, 0) is 16.1 Å². The molecular weight excluding hydrogens is 368 g/mol. The molecule has 3 rings (SSSR count). The minimum atomic E-state index is -0.926. The zero-order chi connectivity index (χ0) is 17.2. The fraction of sp³-hybridized carbons (Fsp3) is 0.263. The largest absolute Gasteiger partial charge is 0.351 e. The average molecular weight is 387 g/mol. The summed E-state index contributed by atoms with van der Waals surface area (Å²) in [5.74, 6) is -0.430. The van der Waals surface area contributed by atoms with Crippen LogP contribution in [-0.4, -0.2) is 11.8 Å². The standard InChI is InChI=1S/C19H19BrN2O2/c1-13-5-2-3-6-14(13)12-21-17(23)19(9-10-19)18(24)22-16-8-4-7-15(20)11-16/h2-8,11H,9-10,12H2,1H3,(H,21,23)(H,22,24). The van der Waals surface area contributed by atoms with E-state index in [4.69, 9.17) is 0 Å². The van der Waals surface area contributed by atoms with Crippen LogP contribution in [0.15, 0.2) is 53.0 Å². The lowest BCUT2D eigenvalue weighted by Gasteiger charge is -2.16. The predicted molar refractivity (Wildman–Crippen MR) is 97.5 cm³/mol. The molecule has 5 heteroatoms. The first-order valence-corrected chi connectivity index (χ1v) is 8.70. The Kier molecular flexibility index (Phi) is 4.71. The SMILES string of the molecule is Cc1ccccc1CNC(=O)C1(C(=O)Nc2cccc(Br)c2)CC1. The van der Waals surface area contributed by atoms with E-state index in [0.717, 1.165) is 15.6 Å². The number of anilines is 1. The van der Waals surface area contributed by atoms with E-state index < -0.39 is 5.41 Å². The Bertz CT molecular complexity index is 784. The molecule has 0 atom stereocenters. The van der Waals surface area contributed by atoms with Crippen LogP contribution in [0, 0.1) is 12.3 Å². The maximum Gasteiger partial charge on any atom is 0.240 e. The number of benzene rings is 2. The molecular formula is C19H19BrN2O2. The van der Waals surface area contributed by atoms with Crippen molar-refractivity contribution in [3.05, 3.63) is 64.1 Å². The van der Waals surface area contributed by atoms with Gasteiger partial charge >= 0.3 is 0 Å². The third-order valence-electron chi connectivity index (χ3n) is 4.40. The van der Waals surface area contributed by atoms with Crippen molar-refractivity contribution >= 4 is 33.4 Å². The number of carbonyl (C=O) groups is 2. The van der Waals surface area contributed by atoms with Crippen molar-refractivity contribution in [3.63, 3.8) is 0 Å². The molecule has 24 heavy (non-hydrogen) atoms. The monoisotopic (exact) mass is 386 g/mol. The number of rotatable bonds is 5. The Labute approximate surface area is 149 Å². The number of hydrogen-bond donors (Lipinski definition) is 2. The van der Waals surface area contributed by atoms with E-state index in [1.165, 1.54) is 0 Å². The van der Waals surface area contributed by atoms with Gasteiger partial charge in [0.15, 0.2) is 0 Å². The van der Waals surface area contributed by atoms with Crippen LogP contribution >= 0.6 is 15.9 Å². The van der Waals surface area contributed by atoms with E-state index in [9.17, 15) is 9.59 Å². The van der Waals surface area contributed by atoms with E-state index in [1.54, 1.807) is 0 Å². The summed E-state index contributed by atoms with van der Waals surface area (Å²) in [6.45, 7) is 2.45. The van der Waals surface area contributed by atoms with Crippen LogP contribution in [0.2, 0.25) is 0 Å². The summed E-state index contributed by atoms with van der Waals surface area (Å²) < 4.78 is 0.883. The molecule has 2 aromatic carbocycles. The third-order valence-corrected chi connectivity index (χ3v) is 4.90. The van der Waals surface area contributed by atoms with Crippen LogP contribution in [0.5, 0.6) is 0 Å². The van der Waals surface area contributed by atoms with Gasteiger partial charge in [0.05, 0.1) is 0 Å². The van der Waals surface area contributed by atoms with Gasteiger partial charge in [0, 0.05) is 16.7 Å². The Balaban J connectivity index is 1.63. The molecule has 2 amide bonds. The summed E-state index contributed by atoms with van der Waals surface area (Å²) >= 11 is 3.37. The van der Waals surface area contributed by atoms with Crippen LogP contribution in [0.3, 0.4) is 0 Å². The number of carbonyl (C=O) groups excluding carboxylic acids is 2. The number of amides is 2. The molecule has 0 unspecified atom stereocenters. The van der Waals surface area contributed by atoms with E-state index >= 15 is 0 Å². The molecule has 0 aliphatic heterocycles. The lowest BCUT2D eigenvalue weighted by atomic mass is 10.0. The average Bonchev–Trinajstić information content (AvgIpc) is 3.36. The molecule has 2 aromatic rings. The molecule has 124 valence electrons. The minimum Gasteiger partial charge on any atom is -0.351 e. The molecule has 0 bridgehead atoms. The molecule has 0 saturated heterocycles. The van der Waals surface area contributed by atoms with Gasteiger partial charge in [0.2, 0.25) is 11.8 Å². The molecule has 1 aliphatic carbocycles. The second-order valence-electron chi connectivity index (χ2n) is 6.16. The first-order valence-electron chi connectivity index (χ1n) is 7.91. The summed E-state index contributed by atoms with van der Waals surface area (Å²) in [5.41, 5.74) is 1.95. The van der Waals surface area contributed by atoms with Gasteiger partial charge in [-0.05, 0) is 49.1 Å². The number of nitrogens with one attached hydrogen (secondary N) is 2. The van der Waals surface area contributed by atoms with Gasteiger partial charge in [-0.1, -0.05) is 46.3 Å². The van der Waals surface area contributed by atoms with Crippen LogP contribution in [0.1, 0.15) is 24.0 Å². The van der Waals surface area contributed by atoms with Crippen molar-refractivity contribution in [3.8, 4) is 0 Å². The Morgan fingerprint density at radius 2 is 1.83 bits per heavy atom. The van der Waals surface area contributed by atoms with Gasteiger partial charge in [-0.15, -0.1) is 0 Å². The highest BCUT2D eigenvalue weighted by Gasteiger charge is 2.56. The van der Waals surface area contributed by atoms with Crippen molar-refractivity contribution in [2.45, 2.75) is 26.3 Å². The van der Waals surface area contributed by atoms with E-state index in [0.29, 0.717) is 25.1 Å². The molecule has 4 nitrogen and oxygen atoms in total. The van der Waals surface area contributed by atoms with Gasteiger partial charge < -0.3 is 10.6 Å². The van der Waals surface area contributed by atoms with Crippen molar-refractivity contribution in [2.75, 3.05) is 5.32 Å². The number of hydrogen-bond acceptors (Lipinski definition) is 2. The Morgan fingerprint density at radius 3 is 2.50 bits per heavy atom. The van der Waals surface area contributed by atoms with Crippen LogP contribution < -0.4 is 10.6 Å². The van der Waals surface area contributed by atoms with Gasteiger partial charge in [-0.25, -0.2) is 0 Å². The van der Waals surface area contributed by atoms with E-state index in [-0.39, 0.29) is 11.8 Å². The highest BCUT2D eigenvalue weighted by atomic mass is 79.9. The molecule has 0 heterocycles. The molecule has 0 spiro atoms. The lowest BCUT2D eigenvalue weighted by molar-refractivity contribution is -0.134. The zero-order valence-corrected chi connectivity index (χ0v) is 15.0. The van der Waals surface area contributed by atoms with Crippen molar-refractivity contribution in [2.24, 2.45) is 5.41 Å². The summed E-state index contributed by atoms with van der Waals surface area (Å²) in [4.78, 5) is 25.1. The summed E-state index contributed by atoms with van der Waals surface area (Å²) in [5, 5.41) is 5.76. The Hall–Kier alpha value is -2.14. The minimum absolute atomic E-state index is 0.196. The number of aryl methyl sites for hydroxylation is 1. The first-order chi connectivity index (χ1) is 11.5. The zero-order valence-electron chi connectivity index (χ0n) is 13.4. The first kappa shape index (κ1) is 16.7. The summed E-state index contributed by atoms with van der Waals surface area (Å²) in [6, 6.07) is 15.3. The van der Waals surface area contributed by atoms with Gasteiger partial charge in [-0.2, -0.15) is 0 Å². The molecule has 0 aromatic heterocycles. The summed E-state index contributed by atoms with van der Waals surface area (Å²) in [7, 11) is 0. The van der Waals surface area contributed by atoms with Crippen molar-refractivity contribution in [1.29, 1.82) is 0 Å². The van der Waals surface area contributed by atoms with Crippen molar-refractivity contribution in [1.82, 2.24) is 5.32 Å². The predicted octanol–water partition coefficient (Wildman–Crippen LogP) is 3.79. The maximum absolute atomic E-state index is 12.5. The topological polar surface area (TPSA) is 58.2 Å². The smallest absolute Gasteiger partial charge is 0.240 e. The van der Waals surface area contributed by atoms with Crippen LogP contribution in [0.4, 0.5) is 5.69 Å². The molecule has 0 radical (unpaired) electrons. The van der Waals surface area contributed by atoms with E-state index in [2.05, 4.69) is 26.6 Å². The highest BCUT2D eigenvalue weighted by molar-refractivity contribution is 9.10. The van der Waals surface area contributed by atoms with Gasteiger partial charge in [-0.3, -0.25) is 9.59 Å². The molecule has 1 aliphatic rings.